The fourth-order valence-corrected chi connectivity index (χ4v) is 1.52. The van der Waals surface area contributed by atoms with Gasteiger partial charge in [0.25, 0.3) is 0 Å². The molecule has 0 saturated carbocycles. The Morgan fingerprint density at radius 2 is 1.94 bits per heavy atom. The normalized spacial score (nSPS) is 12.6. The molecule has 0 bridgehead atoms. The first-order valence-corrected chi connectivity index (χ1v) is 5.66. The van der Waals surface area contributed by atoms with Crippen LogP contribution < -0.4 is 5.32 Å². The summed E-state index contributed by atoms with van der Waals surface area (Å²) in [6.45, 7) is 1.16. The van der Waals surface area contributed by atoms with Crippen LogP contribution in [0, 0.1) is 0 Å². The van der Waals surface area contributed by atoms with E-state index in [1.54, 1.807) is 0 Å². The Balaban J connectivity index is 2.38. The maximum Gasteiger partial charge on any atom is 0.200 e. The zero-order valence-electron chi connectivity index (χ0n) is 10.3. The molecule has 0 amide bonds. The lowest BCUT2D eigenvalue weighted by Gasteiger charge is -2.11. The molecule has 1 rings (SSSR count). The number of nitrogens with one attached hydrogen (secondary N) is 1. The first-order valence-electron chi connectivity index (χ1n) is 5.66. The van der Waals surface area contributed by atoms with Crippen molar-refractivity contribution in [1.29, 1.82) is 0 Å². The molecule has 1 atom stereocenters. The number of phenols is 3. The topological polar surface area (TPSA) is 102 Å². The summed E-state index contributed by atoms with van der Waals surface area (Å²) in [5, 5.41) is 40.4. The second kappa shape index (κ2) is 7.05. The Labute approximate surface area is 105 Å². The maximum atomic E-state index is 9.55. The molecule has 1 unspecified atom stereocenters. The summed E-state index contributed by atoms with van der Waals surface area (Å²) >= 11 is 0. The van der Waals surface area contributed by atoms with Gasteiger partial charge in [-0.25, -0.2) is 0 Å². The molecule has 0 aliphatic heterocycles. The highest BCUT2D eigenvalue weighted by Gasteiger charge is 2.10. The minimum Gasteiger partial charge on any atom is -0.504 e. The number of benzene rings is 1. The van der Waals surface area contributed by atoms with Gasteiger partial charge in [-0.3, -0.25) is 0 Å². The van der Waals surface area contributed by atoms with Gasteiger partial charge in [-0.2, -0.15) is 0 Å². The molecular weight excluding hydrogens is 238 g/mol. The van der Waals surface area contributed by atoms with Crippen molar-refractivity contribution in [2.24, 2.45) is 0 Å². The fourth-order valence-electron chi connectivity index (χ4n) is 1.52. The predicted molar refractivity (Wildman–Crippen MR) is 65.6 cm³/mol. The molecule has 0 spiro atoms. The summed E-state index contributed by atoms with van der Waals surface area (Å²) in [5.74, 6) is -1.21. The van der Waals surface area contributed by atoms with E-state index in [0.29, 0.717) is 25.1 Å². The minimum atomic E-state index is -0.524. The SMILES string of the molecule is COCC(O)CCNCc1ccc(O)c(O)c1O. The van der Waals surface area contributed by atoms with Gasteiger partial charge in [0.15, 0.2) is 11.5 Å². The molecule has 6 nitrogen and oxygen atoms in total. The molecule has 0 heterocycles. The molecule has 102 valence electrons. The van der Waals surface area contributed by atoms with Crippen LogP contribution in [0.25, 0.3) is 0 Å². The van der Waals surface area contributed by atoms with Crippen LogP contribution in [0.15, 0.2) is 12.1 Å². The second-order valence-electron chi connectivity index (χ2n) is 4.02. The molecule has 0 aromatic heterocycles. The first-order chi connectivity index (χ1) is 8.56. The third-order valence-electron chi connectivity index (χ3n) is 2.54. The highest BCUT2D eigenvalue weighted by Crippen LogP contribution is 2.36. The van der Waals surface area contributed by atoms with Gasteiger partial charge in [-0.1, -0.05) is 6.07 Å². The quantitative estimate of drug-likeness (QED) is 0.355. The van der Waals surface area contributed by atoms with Crippen molar-refractivity contribution in [2.45, 2.75) is 19.1 Å². The van der Waals surface area contributed by atoms with Crippen LogP contribution >= 0.6 is 0 Å². The molecule has 1 aromatic rings. The number of aromatic hydroxyl groups is 3. The highest BCUT2D eigenvalue weighted by molar-refractivity contribution is 5.52. The van der Waals surface area contributed by atoms with E-state index in [9.17, 15) is 15.3 Å². The summed E-state index contributed by atoms with van der Waals surface area (Å²) in [6, 6.07) is 2.83. The lowest BCUT2D eigenvalue weighted by atomic mass is 10.1. The third-order valence-corrected chi connectivity index (χ3v) is 2.54. The smallest absolute Gasteiger partial charge is 0.200 e. The Kier molecular flexibility index (Phi) is 5.70. The largest absolute Gasteiger partial charge is 0.504 e. The van der Waals surface area contributed by atoms with Gasteiger partial charge < -0.3 is 30.5 Å². The van der Waals surface area contributed by atoms with E-state index in [1.807, 2.05) is 0 Å². The Morgan fingerprint density at radius 3 is 2.61 bits per heavy atom. The van der Waals surface area contributed by atoms with Crippen LogP contribution in [0.3, 0.4) is 0 Å². The number of hydrogen-bond donors (Lipinski definition) is 5. The standard InChI is InChI=1S/C12H19NO5/c1-18-7-9(14)4-5-13-6-8-2-3-10(15)12(17)11(8)16/h2-3,9,13-17H,4-7H2,1H3. The monoisotopic (exact) mass is 257 g/mol. The number of rotatable bonds is 7. The van der Waals surface area contributed by atoms with Crippen molar-refractivity contribution in [1.82, 2.24) is 5.32 Å². The summed E-state index contributed by atoms with van der Waals surface area (Å²) in [4.78, 5) is 0. The number of aliphatic hydroxyl groups is 1. The molecular formula is C12H19NO5. The van der Waals surface area contributed by atoms with Crippen molar-refractivity contribution in [3.05, 3.63) is 17.7 Å². The van der Waals surface area contributed by atoms with Gasteiger partial charge in [-0.15, -0.1) is 0 Å². The van der Waals surface area contributed by atoms with Crippen LogP contribution in [0.1, 0.15) is 12.0 Å². The Morgan fingerprint density at radius 1 is 1.22 bits per heavy atom. The lowest BCUT2D eigenvalue weighted by molar-refractivity contribution is 0.0594. The number of phenolic OH excluding ortho intramolecular Hbond substituents is 3. The van der Waals surface area contributed by atoms with Gasteiger partial charge in [0, 0.05) is 19.2 Å². The van der Waals surface area contributed by atoms with Gasteiger partial charge in [0.1, 0.15) is 0 Å². The summed E-state index contributed by atoms with van der Waals surface area (Å²) < 4.78 is 4.79. The number of aliphatic hydroxyl groups excluding tert-OH is 1. The fraction of sp³-hybridized carbons (Fsp3) is 0.500. The average Bonchev–Trinajstić information content (AvgIpc) is 2.34. The van der Waals surface area contributed by atoms with Crippen molar-refractivity contribution in [3.63, 3.8) is 0 Å². The van der Waals surface area contributed by atoms with E-state index in [-0.39, 0.29) is 18.1 Å². The maximum absolute atomic E-state index is 9.55. The number of methoxy groups -OCH3 is 1. The molecule has 0 saturated heterocycles. The summed E-state index contributed by atoms with van der Waals surface area (Å²) in [7, 11) is 1.52. The number of ether oxygens (including phenoxy) is 1. The minimum absolute atomic E-state index is 0.285. The highest BCUT2D eigenvalue weighted by atomic mass is 16.5. The molecule has 0 radical (unpaired) electrons. The van der Waals surface area contributed by atoms with Crippen molar-refractivity contribution < 1.29 is 25.2 Å². The van der Waals surface area contributed by atoms with Crippen LogP contribution in [0.5, 0.6) is 17.2 Å². The first kappa shape index (κ1) is 14.6. The van der Waals surface area contributed by atoms with Crippen LogP contribution in [-0.4, -0.2) is 46.8 Å². The van der Waals surface area contributed by atoms with Crippen LogP contribution in [-0.2, 0) is 11.3 Å². The molecule has 0 aliphatic rings. The van der Waals surface area contributed by atoms with Gasteiger partial charge in [0.2, 0.25) is 5.75 Å². The Bertz CT molecular complexity index is 383. The van der Waals surface area contributed by atoms with E-state index >= 15 is 0 Å². The second-order valence-corrected chi connectivity index (χ2v) is 4.02. The van der Waals surface area contributed by atoms with Crippen molar-refractivity contribution in [2.75, 3.05) is 20.3 Å². The lowest BCUT2D eigenvalue weighted by Crippen LogP contribution is -2.23. The molecule has 18 heavy (non-hydrogen) atoms. The average molecular weight is 257 g/mol. The third kappa shape index (κ3) is 4.06. The Hall–Kier alpha value is -1.50. The van der Waals surface area contributed by atoms with Gasteiger partial charge >= 0.3 is 0 Å². The molecule has 0 aliphatic carbocycles. The molecule has 5 N–H and O–H groups in total. The van der Waals surface area contributed by atoms with E-state index in [1.165, 1.54) is 19.2 Å². The predicted octanol–water partition coefficient (Wildman–Crippen LogP) is 0.290. The van der Waals surface area contributed by atoms with Crippen molar-refractivity contribution >= 4 is 0 Å². The number of hydrogen-bond acceptors (Lipinski definition) is 6. The van der Waals surface area contributed by atoms with Gasteiger partial charge in [-0.05, 0) is 19.0 Å². The summed E-state index contributed by atoms with van der Waals surface area (Å²) in [6.07, 6.45) is 0.00268. The molecule has 1 aromatic carbocycles. The van der Waals surface area contributed by atoms with E-state index in [2.05, 4.69) is 5.32 Å². The van der Waals surface area contributed by atoms with E-state index in [4.69, 9.17) is 9.84 Å². The van der Waals surface area contributed by atoms with Crippen molar-refractivity contribution in [3.8, 4) is 17.2 Å². The van der Waals surface area contributed by atoms with Crippen LogP contribution in [0.2, 0.25) is 0 Å². The molecule has 6 heteroatoms. The zero-order chi connectivity index (χ0) is 13.5. The zero-order valence-corrected chi connectivity index (χ0v) is 10.3. The molecule has 0 fully saturated rings. The van der Waals surface area contributed by atoms with Crippen LogP contribution in [0.4, 0.5) is 0 Å². The van der Waals surface area contributed by atoms with Gasteiger partial charge in [0.05, 0.1) is 12.7 Å². The summed E-state index contributed by atoms with van der Waals surface area (Å²) in [5.41, 5.74) is 0.478. The van der Waals surface area contributed by atoms with E-state index < -0.39 is 11.9 Å². The van der Waals surface area contributed by atoms with E-state index in [0.717, 1.165) is 0 Å².